The maximum absolute atomic E-state index is 12.5. The van der Waals surface area contributed by atoms with Crippen molar-refractivity contribution in [2.75, 3.05) is 18.5 Å². The van der Waals surface area contributed by atoms with E-state index in [4.69, 9.17) is 9.47 Å². The van der Waals surface area contributed by atoms with Crippen LogP contribution in [0, 0.1) is 6.92 Å². The van der Waals surface area contributed by atoms with E-state index in [9.17, 15) is 4.79 Å². The van der Waals surface area contributed by atoms with Crippen LogP contribution in [0.15, 0.2) is 54.7 Å². The van der Waals surface area contributed by atoms with Crippen molar-refractivity contribution < 1.29 is 14.3 Å². The van der Waals surface area contributed by atoms with E-state index in [1.165, 1.54) is 5.39 Å². The molecule has 5 heteroatoms. The third-order valence-electron chi connectivity index (χ3n) is 5.12. The van der Waals surface area contributed by atoms with Gasteiger partial charge in [-0.05, 0) is 55.0 Å². The van der Waals surface area contributed by atoms with Gasteiger partial charge in [0.1, 0.15) is 12.4 Å². The lowest BCUT2D eigenvalue weighted by Gasteiger charge is -2.16. The standard InChI is InChI=1S/C23H26N2O3/c1-17-8-9-20(22(15-17)28-16-19-6-4-14-27-19)24-23(26)11-13-25-12-10-18-5-2-3-7-21(18)25/h2-3,5,7-10,12,15,19H,4,6,11,13-14,16H2,1H3,(H,24,26). The first kappa shape index (κ1) is 18.6. The summed E-state index contributed by atoms with van der Waals surface area (Å²) in [5, 5.41) is 4.19. The lowest BCUT2D eigenvalue weighted by Crippen LogP contribution is -2.18. The Morgan fingerprint density at radius 3 is 3.00 bits per heavy atom. The lowest BCUT2D eigenvalue weighted by molar-refractivity contribution is -0.116. The van der Waals surface area contributed by atoms with Crippen LogP contribution in [0.3, 0.4) is 0 Å². The van der Waals surface area contributed by atoms with E-state index >= 15 is 0 Å². The number of nitrogens with zero attached hydrogens (tertiary/aromatic N) is 1. The van der Waals surface area contributed by atoms with E-state index in [1.807, 2.05) is 43.5 Å². The van der Waals surface area contributed by atoms with Crippen LogP contribution >= 0.6 is 0 Å². The van der Waals surface area contributed by atoms with Gasteiger partial charge in [-0.25, -0.2) is 0 Å². The van der Waals surface area contributed by atoms with Crippen LogP contribution in [0.5, 0.6) is 5.75 Å². The van der Waals surface area contributed by atoms with Gasteiger partial charge in [-0.1, -0.05) is 24.3 Å². The molecule has 28 heavy (non-hydrogen) atoms. The van der Waals surface area contributed by atoms with Crippen LogP contribution in [0.2, 0.25) is 0 Å². The fraction of sp³-hybridized carbons (Fsp3) is 0.348. The van der Waals surface area contributed by atoms with Crippen molar-refractivity contribution in [2.45, 2.75) is 38.8 Å². The number of ether oxygens (including phenoxy) is 2. The number of carbonyl (C=O) groups excluding carboxylic acids is 1. The first-order valence-corrected chi connectivity index (χ1v) is 9.88. The minimum absolute atomic E-state index is 0.0244. The number of para-hydroxylation sites is 1. The molecule has 1 aliphatic rings. The van der Waals surface area contributed by atoms with Gasteiger partial charge in [-0.15, -0.1) is 0 Å². The normalized spacial score (nSPS) is 16.4. The highest BCUT2D eigenvalue weighted by atomic mass is 16.5. The number of nitrogens with one attached hydrogen (secondary N) is 1. The van der Waals surface area contributed by atoms with Gasteiger partial charge in [0.25, 0.3) is 0 Å². The third kappa shape index (κ3) is 4.37. The number of carbonyl (C=O) groups is 1. The largest absolute Gasteiger partial charge is 0.489 e. The van der Waals surface area contributed by atoms with Crippen LogP contribution in [0.25, 0.3) is 10.9 Å². The molecule has 1 unspecified atom stereocenters. The summed E-state index contributed by atoms with van der Waals surface area (Å²) in [7, 11) is 0. The molecule has 1 amide bonds. The summed E-state index contributed by atoms with van der Waals surface area (Å²) in [6.07, 6.45) is 4.68. The van der Waals surface area contributed by atoms with Gasteiger partial charge in [0.05, 0.1) is 11.8 Å². The number of benzene rings is 2. The summed E-state index contributed by atoms with van der Waals surface area (Å²) >= 11 is 0. The Kier molecular flexibility index (Phi) is 5.63. The van der Waals surface area contributed by atoms with Crippen LogP contribution in [0.1, 0.15) is 24.8 Å². The predicted octanol–water partition coefficient (Wildman–Crippen LogP) is 4.54. The second kappa shape index (κ2) is 8.48. The minimum atomic E-state index is -0.0244. The van der Waals surface area contributed by atoms with Crippen molar-refractivity contribution in [2.24, 2.45) is 0 Å². The SMILES string of the molecule is Cc1ccc(NC(=O)CCn2ccc3ccccc32)c(OCC2CCCO2)c1. The molecule has 1 aliphatic heterocycles. The molecular formula is C23H26N2O3. The van der Waals surface area contributed by atoms with E-state index in [0.717, 1.165) is 30.5 Å². The topological polar surface area (TPSA) is 52.5 Å². The zero-order valence-electron chi connectivity index (χ0n) is 16.2. The molecule has 2 heterocycles. The molecule has 1 atom stereocenters. The zero-order valence-corrected chi connectivity index (χ0v) is 16.2. The lowest BCUT2D eigenvalue weighted by atomic mass is 10.2. The van der Waals surface area contributed by atoms with Crippen molar-refractivity contribution in [1.29, 1.82) is 0 Å². The smallest absolute Gasteiger partial charge is 0.226 e. The Morgan fingerprint density at radius 2 is 2.14 bits per heavy atom. The first-order chi connectivity index (χ1) is 13.7. The summed E-state index contributed by atoms with van der Waals surface area (Å²) in [5.74, 6) is 0.680. The first-order valence-electron chi connectivity index (χ1n) is 9.88. The van der Waals surface area contributed by atoms with Crippen LogP contribution in [0.4, 0.5) is 5.69 Å². The Balaban J connectivity index is 1.38. The third-order valence-corrected chi connectivity index (χ3v) is 5.12. The number of rotatable bonds is 7. The average Bonchev–Trinajstić information content (AvgIpc) is 3.36. The predicted molar refractivity (Wildman–Crippen MR) is 111 cm³/mol. The van der Waals surface area contributed by atoms with Gasteiger partial charge >= 0.3 is 0 Å². The Hall–Kier alpha value is -2.79. The number of amides is 1. The van der Waals surface area contributed by atoms with E-state index in [-0.39, 0.29) is 12.0 Å². The maximum atomic E-state index is 12.5. The van der Waals surface area contributed by atoms with Crippen molar-refractivity contribution in [1.82, 2.24) is 4.57 Å². The summed E-state index contributed by atoms with van der Waals surface area (Å²) in [6, 6.07) is 16.1. The van der Waals surface area contributed by atoms with Gasteiger partial charge in [0.15, 0.2) is 0 Å². The van der Waals surface area contributed by atoms with Gasteiger partial charge in [-0.3, -0.25) is 4.79 Å². The molecule has 1 fully saturated rings. The van der Waals surface area contributed by atoms with E-state index < -0.39 is 0 Å². The van der Waals surface area contributed by atoms with Crippen LogP contribution < -0.4 is 10.1 Å². The number of anilines is 1. The molecule has 0 bridgehead atoms. The molecule has 146 valence electrons. The summed E-state index contributed by atoms with van der Waals surface area (Å²) in [4.78, 5) is 12.5. The highest BCUT2D eigenvalue weighted by Gasteiger charge is 2.17. The van der Waals surface area contributed by atoms with E-state index in [1.54, 1.807) is 0 Å². The van der Waals surface area contributed by atoms with Gasteiger partial charge in [-0.2, -0.15) is 0 Å². The van der Waals surface area contributed by atoms with Crippen molar-refractivity contribution in [3.05, 3.63) is 60.3 Å². The molecule has 0 radical (unpaired) electrons. The number of aromatic nitrogens is 1. The second-order valence-corrected chi connectivity index (χ2v) is 7.31. The van der Waals surface area contributed by atoms with Crippen molar-refractivity contribution >= 4 is 22.5 Å². The number of hydrogen-bond acceptors (Lipinski definition) is 3. The monoisotopic (exact) mass is 378 g/mol. The summed E-state index contributed by atoms with van der Waals surface area (Å²) < 4.78 is 13.7. The molecule has 3 aromatic rings. The van der Waals surface area contributed by atoms with Crippen LogP contribution in [-0.4, -0.2) is 29.8 Å². The molecule has 2 aromatic carbocycles. The average molecular weight is 378 g/mol. The Morgan fingerprint density at radius 1 is 1.25 bits per heavy atom. The summed E-state index contributed by atoms with van der Waals surface area (Å²) in [5.41, 5.74) is 2.95. The molecule has 4 rings (SSSR count). The fourth-order valence-corrected chi connectivity index (χ4v) is 3.58. The van der Waals surface area contributed by atoms with Crippen LogP contribution in [-0.2, 0) is 16.1 Å². The van der Waals surface area contributed by atoms with Crippen molar-refractivity contribution in [3.63, 3.8) is 0 Å². The van der Waals surface area contributed by atoms with Gasteiger partial charge in [0.2, 0.25) is 5.91 Å². The minimum Gasteiger partial charge on any atom is -0.489 e. The quantitative estimate of drug-likeness (QED) is 0.657. The van der Waals surface area contributed by atoms with E-state index in [2.05, 4.69) is 28.1 Å². The van der Waals surface area contributed by atoms with Crippen molar-refractivity contribution in [3.8, 4) is 5.75 Å². The number of hydrogen-bond donors (Lipinski definition) is 1. The molecule has 0 saturated carbocycles. The highest BCUT2D eigenvalue weighted by molar-refractivity contribution is 5.92. The maximum Gasteiger partial charge on any atom is 0.226 e. The molecule has 1 aromatic heterocycles. The number of aryl methyl sites for hydroxylation is 2. The molecule has 5 nitrogen and oxygen atoms in total. The van der Waals surface area contributed by atoms with Gasteiger partial charge in [0, 0.05) is 31.3 Å². The van der Waals surface area contributed by atoms with Gasteiger partial charge < -0.3 is 19.4 Å². The summed E-state index contributed by atoms with van der Waals surface area (Å²) in [6.45, 7) is 3.97. The molecular weight excluding hydrogens is 352 g/mol. The fourth-order valence-electron chi connectivity index (χ4n) is 3.58. The molecule has 0 aliphatic carbocycles. The van der Waals surface area contributed by atoms with E-state index in [0.29, 0.717) is 31.0 Å². The zero-order chi connectivity index (χ0) is 19.3. The Bertz CT molecular complexity index is 957. The number of fused-ring (bicyclic) bond motifs is 1. The Labute approximate surface area is 165 Å². The molecule has 1 N–H and O–H groups in total. The highest BCUT2D eigenvalue weighted by Crippen LogP contribution is 2.27. The molecule has 1 saturated heterocycles. The molecule has 0 spiro atoms. The second-order valence-electron chi connectivity index (χ2n) is 7.31.